The summed E-state index contributed by atoms with van der Waals surface area (Å²) in [4.78, 5) is 74.8. The van der Waals surface area contributed by atoms with Crippen molar-refractivity contribution in [2.75, 3.05) is 13.2 Å². The fourth-order valence-electron chi connectivity index (χ4n) is 2.76. The Bertz CT molecular complexity index is 832. The van der Waals surface area contributed by atoms with Gasteiger partial charge in [0.25, 0.3) is 0 Å². The average molecular weight is 519 g/mol. The molecular weight excluding hydrogens is 484 g/mol. The zero-order valence-corrected chi connectivity index (χ0v) is 19.5. The van der Waals surface area contributed by atoms with Crippen LogP contribution in [0.5, 0.6) is 0 Å². The minimum absolute atomic E-state index is 0.0660. The lowest BCUT2D eigenvalue weighted by atomic mass is 10.1. The molecule has 0 radical (unpaired) electrons. The lowest BCUT2D eigenvalue weighted by Gasteiger charge is -2.25. The van der Waals surface area contributed by atoms with Crippen molar-refractivity contribution in [1.29, 1.82) is 0 Å². The Balaban J connectivity index is 5.66. The van der Waals surface area contributed by atoms with Crippen molar-refractivity contribution in [3.63, 3.8) is 0 Å². The van der Waals surface area contributed by atoms with Crippen molar-refractivity contribution in [2.45, 2.75) is 62.7 Å². The molecule has 17 nitrogen and oxygen atoms in total. The van der Waals surface area contributed by atoms with Gasteiger partial charge in [-0.2, -0.15) is 0 Å². The molecule has 0 bridgehead atoms. The SMILES string of the molecule is NC(=O)CCC(NC(=O)C(CCCN=C(N)N)NC(=O)C(CCC(=O)O)NC(=O)C(N)CO)C(=O)O. The van der Waals surface area contributed by atoms with Crippen molar-refractivity contribution >= 4 is 41.5 Å². The molecule has 0 aliphatic rings. The predicted octanol–water partition coefficient (Wildman–Crippen LogP) is -4.97. The first kappa shape index (κ1) is 32.0. The van der Waals surface area contributed by atoms with Crippen LogP contribution in [-0.4, -0.2) is 94.2 Å². The average Bonchev–Trinajstić information content (AvgIpc) is 2.79. The Kier molecular flexibility index (Phi) is 14.8. The van der Waals surface area contributed by atoms with E-state index in [9.17, 15) is 33.9 Å². The quantitative estimate of drug-likeness (QED) is 0.0463. The van der Waals surface area contributed by atoms with E-state index in [0.29, 0.717) is 0 Å². The highest BCUT2D eigenvalue weighted by Gasteiger charge is 2.30. The number of primary amides is 1. The molecule has 0 aromatic heterocycles. The molecule has 0 fully saturated rings. The van der Waals surface area contributed by atoms with Crippen molar-refractivity contribution in [3.05, 3.63) is 0 Å². The Morgan fingerprint density at radius 2 is 1.25 bits per heavy atom. The van der Waals surface area contributed by atoms with E-state index in [0.717, 1.165) is 0 Å². The molecule has 0 aromatic carbocycles. The van der Waals surface area contributed by atoms with Crippen LogP contribution in [0, 0.1) is 0 Å². The van der Waals surface area contributed by atoms with Crippen LogP contribution in [0.1, 0.15) is 38.5 Å². The van der Waals surface area contributed by atoms with E-state index in [-0.39, 0.29) is 44.6 Å². The van der Waals surface area contributed by atoms with Crippen LogP contribution in [0.4, 0.5) is 0 Å². The second-order valence-corrected chi connectivity index (χ2v) is 7.70. The van der Waals surface area contributed by atoms with E-state index in [1.54, 1.807) is 0 Å². The lowest BCUT2D eigenvalue weighted by molar-refractivity contribution is -0.142. The molecule has 14 N–H and O–H groups in total. The highest BCUT2D eigenvalue weighted by atomic mass is 16.4. The van der Waals surface area contributed by atoms with Gasteiger partial charge in [-0.25, -0.2) is 4.79 Å². The maximum Gasteiger partial charge on any atom is 0.326 e. The minimum Gasteiger partial charge on any atom is -0.481 e. The summed E-state index contributed by atoms with van der Waals surface area (Å²) in [5.41, 5.74) is 20.9. The van der Waals surface area contributed by atoms with Gasteiger partial charge >= 0.3 is 11.9 Å². The normalized spacial score (nSPS) is 13.8. The Hall–Kier alpha value is -3.99. The number of guanidine groups is 1. The van der Waals surface area contributed by atoms with Gasteiger partial charge in [0, 0.05) is 19.4 Å². The van der Waals surface area contributed by atoms with Crippen molar-refractivity contribution in [2.24, 2.45) is 27.9 Å². The number of nitrogens with one attached hydrogen (secondary N) is 3. The van der Waals surface area contributed by atoms with Crippen LogP contribution in [0.2, 0.25) is 0 Å². The fraction of sp³-hybridized carbons (Fsp3) is 0.632. The summed E-state index contributed by atoms with van der Waals surface area (Å²) < 4.78 is 0. The molecule has 4 atom stereocenters. The van der Waals surface area contributed by atoms with Gasteiger partial charge in [-0.3, -0.25) is 29.0 Å². The maximum atomic E-state index is 12.8. The van der Waals surface area contributed by atoms with Gasteiger partial charge in [0.2, 0.25) is 23.6 Å². The number of aliphatic hydroxyl groups excluding tert-OH is 1. The molecule has 0 spiro atoms. The summed E-state index contributed by atoms with van der Waals surface area (Å²) in [6, 6.07) is -5.67. The first-order chi connectivity index (χ1) is 16.8. The number of amides is 4. The van der Waals surface area contributed by atoms with Crippen LogP contribution in [0.25, 0.3) is 0 Å². The van der Waals surface area contributed by atoms with Crippen molar-refractivity contribution < 1.29 is 44.1 Å². The Morgan fingerprint density at radius 1 is 0.750 bits per heavy atom. The zero-order valence-electron chi connectivity index (χ0n) is 19.5. The van der Waals surface area contributed by atoms with Gasteiger partial charge < -0.3 is 54.2 Å². The largest absolute Gasteiger partial charge is 0.481 e. The molecule has 204 valence electrons. The second kappa shape index (κ2) is 16.6. The minimum atomic E-state index is -1.49. The lowest BCUT2D eigenvalue weighted by Crippen LogP contribution is -2.57. The first-order valence-corrected chi connectivity index (χ1v) is 10.8. The van der Waals surface area contributed by atoms with Gasteiger partial charge in [-0.1, -0.05) is 0 Å². The van der Waals surface area contributed by atoms with Crippen LogP contribution in [0.3, 0.4) is 0 Å². The number of hydrogen-bond acceptors (Lipinski definition) is 9. The molecular formula is C19H34N8O9. The maximum absolute atomic E-state index is 12.8. The van der Waals surface area contributed by atoms with E-state index in [1.807, 2.05) is 0 Å². The molecule has 0 aliphatic carbocycles. The molecule has 0 saturated heterocycles. The highest BCUT2D eigenvalue weighted by Crippen LogP contribution is 2.06. The third kappa shape index (κ3) is 13.7. The third-order valence-electron chi connectivity index (χ3n) is 4.69. The highest BCUT2D eigenvalue weighted by molar-refractivity contribution is 5.94. The number of nitrogens with zero attached hydrogens (tertiary/aromatic N) is 1. The number of carboxylic acids is 2. The van der Waals surface area contributed by atoms with Gasteiger partial charge in [0.15, 0.2) is 5.96 Å². The molecule has 36 heavy (non-hydrogen) atoms. The third-order valence-corrected chi connectivity index (χ3v) is 4.69. The monoisotopic (exact) mass is 518 g/mol. The summed E-state index contributed by atoms with van der Waals surface area (Å²) >= 11 is 0. The molecule has 0 aromatic rings. The van der Waals surface area contributed by atoms with Gasteiger partial charge in [-0.15, -0.1) is 0 Å². The molecule has 4 amide bonds. The van der Waals surface area contributed by atoms with E-state index >= 15 is 0 Å². The molecule has 0 heterocycles. The number of carbonyl (C=O) groups excluding carboxylic acids is 4. The molecule has 0 aliphatic heterocycles. The number of rotatable bonds is 18. The van der Waals surface area contributed by atoms with E-state index in [4.69, 9.17) is 33.1 Å². The summed E-state index contributed by atoms with van der Waals surface area (Å²) in [6.07, 6.45) is -1.44. The van der Waals surface area contributed by atoms with Gasteiger partial charge in [-0.05, 0) is 25.7 Å². The summed E-state index contributed by atoms with van der Waals surface area (Å²) in [7, 11) is 0. The van der Waals surface area contributed by atoms with E-state index in [1.165, 1.54) is 0 Å². The zero-order chi connectivity index (χ0) is 27.8. The van der Waals surface area contributed by atoms with Crippen LogP contribution < -0.4 is 38.9 Å². The molecule has 17 heteroatoms. The van der Waals surface area contributed by atoms with Crippen molar-refractivity contribution in [3.8, 4) is 0 Å². The van der Waals surface area contributed by atoms with Crippen LogP contribution in [0.15, 0.2) is 4.99 Å². The van der Waals surface area contributed by atoms with E-state index in [2.05, 4.69) is 20.9 Å². The molecule has 0 saturated carbocycles. The number of carbonyl (C=O) groups is 6. The second-order valence-electron chi connectivity index (χ2n) is 7.70. The Labute approximate surface area is 206 Å². The molecule has 4 unspecified atom stereocenters. The number of hydrogen-bond donors (Lipinski definition) is 10. The smallest absolute Gasteiger partial charge is 0.326 e. The number of aliphatic hydroxyl groups is 1. The van der Waals surface area contributed by atoms with E-state index < -0.39 is 72.8 Å². The molecule has 0 rings (SSSR count). The number of nitrogens with two attached hydrogens (primary N) is 4. The van der Waals surface area contributed by atoms with Crippen LogP contribution >= 0.6 is 0 Å². The summed E-state index contributed by atoms with van der Waals surface area (Å²) in [6.45, 7) is -0.673. The van der Waals surface area contributed by atoms with Crippen LogP contribution in [-0.2, 0) is 28.8 Å². The van der Waals surface area contributed by atoms with Crippen molar-refractivity contribution in [1.82, 2.24) is 16.0 Å². The predicted molar refractivity (Wildman–Crippen MR) is 124 cm³/mol. The topological polar surface area (TPSA) is 316 Å². The number of carboxylic acid groups (broad SMARTS) is 2. The van der Waals surface area contributed by atoms with Gasteiger partial charge in [0.05, 0.1) is 6.61 Å². The number of aliphatic imine (C=N–C) groups is 1. The standard InChI is InChI=1S/C19H34N8O9/c20-9(8-28)15(32)25-11(4-6-14(30)31)17(34)26-10(2-1-7-24-19(22)23)16(33)27-12(18(35)36)3-5-13(21)29/h9-12,28H,1-8,20H2,(H2,21,29)(H,25,32)(H,26,34)(H,27,33)(H,30,31)(H,35,36)(H4,22,23,24). The number of aliphatic carboxylic acids is 2. The first-order valence-electron chi connectivity index (χ1n) is 10.8. The summed E-state index contributed by atoms with van der Waals surface area (Å²) in [5.74, 6) is -6.53. The summed E-state index contributed by atoms with van der Waals surface area (Å²) in [5, 5.41) is 34.0. The fourth-order valence-corrected chi connectivity index (χ4v) is 2.76. The van der Waals surface area contributed by atoms with Gasteiger partial charge in [0.1, 0.15) is 24.2 Å². The Morgan fingerprint density at radius 3 is 1.72 bits per heavy atom.